The molecule has 4 N–H and O–H groups in total. The van der Waals surface area contributed by atoms with Crippen LogP contribution in [-0.4, -0.2) is 140 Å². The SMILES string of the molecule is CCCCO[C@@H]1C(CO[C@@H]2OC3COC(c4ccccc4)O[C@H]3C(O)[C@@H]2NC(=O)C[C@@H](CC)OC(=O)CC)O[C@@H](OCCN=[N+]=[N-])C(NC(=O)C[C@@H](CC)OC(=O)CC)[C@H]1O. The van der Waals surface area contributed by atoms with E-state index < -0.39 is 104 Å². The number of aliphatic hydroxyl groups excluding tert-OH is 2. The number of esters is 2. The van der Waals surface area contributed by atoms with E-state index in [0.29, 0.717) is 24.8 Å². The van der Waals surface area contributed by atoms with Crippen molar-refractivity contribution in [3.63, 3.8) is 0 Å². The molecule has 0 saturated carbocycles. The smallest absolute Gasteiger partial charge is 0.305 e. The van der Waals surface area contributed by atoms with Gasteiger partial charge in [0, 0.05) is 36.5 Å². The summed E-state index contributed by atoms with van der Waals surface area (Å²) in [4.78, 5) is 53.6. The Morgan fingerprint density at radius 1 is 0.820 bits per heavy atom. The van der Waals surface area contributed by atoms with E-state index in [4.69, 9.17) is 48.2 Å². The number of azide groups is 1. The van der Waals surface area contributed by atoms with E-state index in [0.717, 1.165) is 6.42 Å². The highest BCUT2D eigenvalue weighted by atomic mass is 16.8. The normalized spacial score (nSPS) is 29.5. The van der Waals surface area contributed by atoms with Gasteiger partial charge in [-0.05, 0) is 24.8 Å². The van der Waals surface area contributed by atoms with Crippen molar-refractivity contribution in [1.29, 1.82) is 0 Å². The molecule has 4 rings (SSSR count). The number of rotatable bonds is 24. The van der Waals surface area contributed by atoms with Gasteiger partial charge in [-0.3, -0.25) is 19.2 Å². The van der Waals surface area contributed by atoms with Crippen LogP contribution in [0.1, 0.15) is 97.8 Å². The second-order valence-corrected chi connectivity index (χ2v) is 14.9. The van der Waals surface area contributed by atoms with Crippen LogP contribution >= 0.6 is 0 Å². The highest BCUT2D eigenvalue weighted by molar-refractivity contribution is 5.78. The van der Waals surface area contributed by atoms with Gasteiger partial charge in [-0.2, -0.15) is 0 Å². The van der Waals surface area contributed by atoms with Crippen molar-refractivity contribution in [2.75, 3.05) is 33.0 Å². The Balaban J connectivity index is 1.57. The Kier molecular flexibility index (Phi) is 21.1. The van der Waals surface area contributed by atoms with E-state index in [1.807, 2.05) is 37.3 Å². The lowest BCUT2D eigenvalue weighted by atomic mass is 9.94. The van der Waals surface area contributed by atoms with Crippen molar-refractivity contribution in [3.8, 4) is 0 Å². The first-order valence-corrected chi connectivity index (χ1v) is 21.3. The van der Waals surface area contributed by atoms with Crippen LogP contribution in [0.15, 0.2) is 35.4 Å². The lowest BCUT2D eigenvalue weighted by Crippen LogP contribution is -2.68. The largest absolute Gasteiger partial charge is 0.462 e. The summed E-state index contributed by atoms with van der Waals surface area (Å²) < 4.78 is 54.1. The van der Waals surface area contributed by atoms with Gasteiger partial charge >= 0.3 is 11.9 Å². The van der Waals surface area contributed by atoms with Crippen molar-refractivity contribution in [3.05, 3.63) is 46.3 Å². The summed E-state index contributed by atoms with van der Waals surface area (Å²) in [6.07, 6.45) is -9.65. The molecule has 0 aliphatic carbocycles. The maximum absolute atomic E-state index is 13.5. The van der Waals surface area contributed by atoms with E-state index in [-0.39, 0.29) is 58.7 Å². The van der Waals surface area contributed by atoms with Gasteiger partial charge in [-0.15, -0.1) is 0 Å². The minimum absolute atomic E-state index is 0.00704. The third-order valence-corrected chi connectivity index (χ3v) is 10.4. The molecule has 342 valence electrons. The first-order valence-electron chi connectivity index (χ1n) is 21.3. The number of carbonyl (C=O) groups is 4. The van der Waals surface area contributed by atoms with Gasteiger partial charge in [0.25, 0.3) is 0 Å². The van der Waals surface area contributed by atoms with Crippen molar-refractivity contribution in [1.82, 2.24) is 10.6 Å². The van der Waals surface area contributed by atoms with Crippen LogP contribution in [0.25, 0.3) is 10.4 Å². The molecule has 2 amide bonds. The van der Waals surface area contributed by atoms with Gasteiger partial charge in [-0.25, -0.2) is 0 Å². The topological polar surface area (TPSA) is 265 Å². The summed E-state index contributed by atoms with van der Waals surface area (Å²) in [5.41, 5.74) is 9.54. The highest BCUT2D eigenvalue weighted by Crippen LogP contribution is 2.35. The fourth-order valence-corrected chi connectivity index (χ4v) is 7.01. The Labute approximate surface area is 356 Å². The lowest BCUT2D eigenvalue weighted by molar-refractivity contribution is -0.351. The van der Waals surface area contributed by atoms with Gasteiger partial charge in [0.15, 0.2) is 18.9 Å². The quantitative estimate of drug-likeness (QED) is 0.0383. The van der Waals surface area contributed by atoms with Crippen molar-refractivity contribution >= 4 is 23.8 Å². The number of unbranched alkanes of at least 4 members (excludes halogenated alkanes) is 1. The molecule has 1 aromatic carbocycles. The van der Waals surface area contributed by atoms with Gasteiger partial charge in [0.1, 0.15) is 60.9 Å². The Morgan fingerprint density at radius 3 is 2.00 bits per heavy atom. The molecule has 13 atom stereocenters. The molecule has 20 nitrogen and oxygen atoms in total. The zero-order chi connectivity index (χ0) is 44.3. The second-order valence-electron chi connectivity index (χ2n) is 14.9. The highest BCUT2D eigenvalue weighted by Gasteiger charge is 2.52. The van der Waals surface area contributed by atoms with Crippen molar-refractivity contribution in [2.24, 2.45) is 5.11 Å². The number of aliphatic hydroxyl groups is 2. The zero-order valence-electron chi connectivity index (χ0n) is 35.6. The Morgan fingerprint density at radius 2 is 1.43 bits per heavy atom. The fourth-order valence-electron chi connectivity index (χ4n) is 7.01. The minimum Gasteiger partial charge on any atom is -0.462 e. The van der Waals surface area contributed by atoms with Gasteiger partial charge < -0.3 is 63.5 Å². The van der Waals surface area contributed by atoms with E-state index in [1.54, 1.807) is 27.7 Å². The summed E-state index contributed by atoms with van der Waals surface area (Å²) in [5.74, 6) is -2.01. The predicted molar refractivity (Wildman–Crippen MR) is 214 cm³/mol. The molecule has 5 unspecified atom stereocenters. The van der Waals surface area contributed by atoms with Gasteiger partial charge in [-0.1, -0.05) is 76.5 Å². The van der Waals surface area contributed by atoms with Crippen LogP contribution < -0.4 is 10.6 Å². The van der Waals surface area contributed by atoms with Crippen LogP contribution in [0.2, 0.25) is 0 Å². The predicted octanol–water partition coefficient (Wildman–Crippen LogP) is 3.01. The molecule has 3 fully saturated rings. The molecule has 3 aliphatic heterocycles. The fraction of sp³-hybridized carbons (Fsp3) is 0.756. The molecule has 0 aromatic heterocycles. The average Bonchev–Trinajstić information content (AvgIpc) is 3.26. The monoisotopic (exact) mass is 865 g/mol. The number of amides is 2. The van der Waals surface area contributed by atoms with Crippen LogP contribution in [0, 0.1) is 0 Å². The molecule has 3 heterocycles. The van der Waals surface area contributed by atoms with Gasteiger partial charge in [0.05, 0.1) is 32.7 Å². The van der Waals surface area contributed by atoms with E-state index >= 15 is 0 Å². The van der Waals surface area contributed by atoms with Crippen LogP contribution in [-0.2, 0) is 61.8 Å². The molecule has 1 aromatic rings. The maximum Gasteiger partial charge on any atom is 0.305 e. The minimum atomic E-state index is -1.43. The number of fused-ring (bicyclic) bond motifs is 1. The third-order valence-electron chi connectivity index (χ3n) is 10.4. The molecular formula is C41H63N5O15. The van der Waals surface area contributed by atoms with E-state index in [1.165, 1.54) is 0 Å². The third kappa shape index (κ3) is 14.8. The summed E-state index contributed by atoms with van der Waals surface area (Å²) in [7, 11) is 0. The van der Waals surface area contributed by atoms with Crippen molar-refractivity contribution in [2.45, 2.75) is 166 Å². The molecule has 3 saturated heterocycles. The number of carbonyl (C=O) groups excluding carboxylic acids is 4. The summed E-state index contributed by atoms with van der Waals surface area (Å²) in [6.45, 7) is 8.48. The summed E-state index contributed by atoms with van der Waals surface area (Å²) in [6, 6.07) is 6.74. The van der Waals surface area contributed by atoms with Crippen molar-refractivity contribution < 1.29 is 72.0 Å². The zero-order valence-corrected chi connectivity index (χ0v) is 35.6. The molecule has 0 spiro atoms. The number of hydrogen-bond acceptors (Lipinski definition) is 16. The first kappa shape index (κ1) is 49.7. The standard InChI is InChI=1S/C41H63N5O15/c1-6-11-18-53-37-27(59-40(54-19-17-43-46-42)33(35(37)51)44-29(47)20-25(7-2)57-31(49)9-4)22-56-41-34(45-30(48)21-26(8-3)58-32(50)10-5)36(52)38-28(60-41)23-55-39(61-38)24-15-13-12-14-16-24/h12-16,25-28,33-41,51-52H,6-11,17-23H2,1-5H3,(H,44,47)(H,45,48)/t25-,26-,27?,28?,33?,34+,35-,36?,37-,38-,39?,40-,41-/m1/s1. The molecule has 0 bridgehead atoms. The molecule has 61 heavy (non-hydrogen) atoms. The lowest BCUT2D eigenvalue weighted by Gasteiger charge is -2.48. The van der Waals surface area contributed by atoms with Gasteiger partial charge in [0.2, 0.25) is 11.8 Å². The summed E-state index contributed by atoms with van der Waals surface area (Å²) >= 11 is 0. The number of ether oxygens (including phenoxy) is 9. The molecule has 3 aliphatic rings. The molecule has 20 heteroatoms. The second kappa shape index (κ2) is 25.9. The summed E-state index contributed by atoms with van der Waals surface area (Å²) in [5, 5.41) is 32.8. The van der Waals surface area contributed by atoms with Crippen LogP contribution in [0.5, 0.6) is 0 Å². The van der Waals surface area contributed by atoms with Crippen LogP contribution in [0.4, 0.5) is 0 Å². The maximum atomic E-state index is 13.5. The molecule has 0 radical (unpaired) electrons. The number of nitrogens with zero attached hydrogens (tertiary/aromatic N) is 3. The van der Waals surface area contributed by atoms with E-state index in [2.05, 4.69) is 20.7 Å². The molecular weight excluding hydrogens is 802 g/mol. The number of benzene rings is 1. The average molecular weight is 866 g/mol. The number of nitrogens with one attached hydrogen (secondary N) is 2. The Hall–Kier alpha value is -3.95. The Bertz CT molecular complexity index is 1570. The first-order chi connectivity index (χ1) is 29.5. The number of hydrogen-bond donors (Lipinski definition) is 4. The van der Waals surface area contributed by atoms with Crippen LogP contribution in [0.3, 0.4) is 0 Å². The van der Waals surface area contributed by atoms with E-state index in [9.17, 15) is 29.4 Å².